The second-order valence-corrected chi connectivity index (χ2v) is 13.8. The molecule has 4 heterocycles. The third-order valence-electron chi connectivity index (χ3n) is 9.81. The van der Waals surface area contributed by atoms with Crippen LogP contribution in [0.25, 0.3) is 79.8 Å². The fourth-order valence-electron chi connectivity index (χ4n) is 6.66. The normalized spacial score (nSPS) is 10.9. The van der Waals surface area contributed by atoms with Crippen LogP contribution in [0.15, 0.2) is 167 Å². The summed E-state index contributed by atoms with van der Waals surface area (Å²) in [6, 6.07) is 43.8. The Bertz CT molecular complexity index is 3280. The Morgan fingerprint density at radius 1 is 0.523 bits per heavy atom. The van der Waals surface area contributed by atoms with Crippen molar-refractivity contribution < 1.29 is 37.3 Å². The van der Waals surface area contributed by atoms with Gasteiger partial charge in [0.15, 0.2) is 11.4 Å². The van der Waals surface area contributed by atoms with Gasteiger partial charge in [-0.1, -0.05) is 130 Å². The summed E-state index contributed by atoms with van der Waals surface area (Å²) in [6.45, 7) is 0. The van der Waals surface area contributed by atoms with Crippen molar-refractivity contribution in [3.63, 3.8) is 0 Å². The number of esters is 1. The van der Waals surface area contributed by atoms with Crippen molar-refractivity contribution in [2.24, 2.45) is 0 Å². The number of nitrogens with zero attached hydrogens (tertiary/aromatic N) is 10. The van der Waals surface area contributed by atoms with Gasteiger partial charge < -0.3 is 18.9 Å². The van der Waals surface area contributed by atoms with Crippen molar-refractivity contribution in [1.29, 1.82) is 0 Å². The minimum absolute atomic E-state index is 0.101. The van der Waals surface area contributed by atoms with E-state index in [4.69, 9.17) is 18.9 Å². The third kappa shape index (κ3) is 8.37. The van der Waals surface area contributed by atoms with Crippen LogP contribution < -0.4 is 0 Å². The quantitative estimate of drug-likeness (QED) is 0.127. The maximum atomic E-state index is 14.6. The molecule has 10 aromatic rings. The molecule has 1 N–H and O–H groups in total. The van der Waals surface area contributed by atoms with Gasteiger partial charge in [-0.2, -0.15) is 9.97 Å². The minimum atomic E-state index is -1.03. The van der Waals surface area contributed by atoms with E-state index in [0.717, 1.165) is 11.1 Å². The maximum Gasteiger partial charge on any atom is 0.337 e. The van der Waals surface area contributed by atoms with Gasteiger partial charge in [0.25, 0.3) is 11.8 Å². The Kier molecular flexibility index (Phi) is 11.3. The van der Waals surface area contributed by atoms with Crippen molar-refractivity contribution in [3.05, 3.63) is 180 Å². The molecular weight excluding hydrogens is 839 g/mol. The Balaban J connectivity index is 0.000000164. The summed E-state index contributed by atoms with van der Waals surface area (Å²) in [5.74, 6) is -1.56. The highest BCUT2D eigenvalue weighted by atomic mass is 19.1. The van der Waals surface area contributed by atoms with Gasteiger partial charge in [-0.3, -0.25) is 0 Å². The molecule has 6 aromatic carbocycles. The van der Waals surface area contributed by atoms with Crippen LogP contribution in [-0.2, 0) is 4.74 Å². The molecule has 318 valence electrons. The van der Waals surface area contributed by atoms with Crippen LogP contribution in [0.2, 0.25) is 0 Å². The highest BCUT2D eigenvalue weighted by molar-refractivity contribution is 5.90. The first kappa shape index (κ1) is 41.1. The first-order valence-electron chi connectivity index (χ1n) is 19.5. The molecule has 0 aliphatic carbocycles. The summed E-state index contributed by atoms with van der Waals surface area (Å²) in [5.41, 5.74) is 5.35. The van der Waals surface area contributed by atoms with E-state index in [1.807, 2.05) is 60.7 Å². The maximum absolute atomic E-state index is 14.6. The van der Waals surface area contributed by atoms with Crippen LogP contribution in [0, 0.1) is 11.6 Å². The lowest BCUT2D eigenvalue weighted by Gasteiger charge is -2.08. The average molecular weight is 869 g/mol. The number of carbonyl (C=O) groups is 2. The van der Waals surface area contributed by atoms with E-state index in [9.17, 15) is 18.4 Å². The van der Waals surface area contributed by atoms with Gasteiger partial charge in [-0.15, -0.1) is 10.2 Å². The van der Waals surface area contributed by atoms with E-state index in [2.05, 4.69) is 40.9 Å². The van der Waals surface area contributed by atoms with E-state index < -0.39 is 23.6 Å². The van der Waals surface area contributed by atoms with E-state index in [0.29, 0.717) is 45.3 Å². The predicted molar refractivity (Wildman–Crippen MR) is 229 cm³/mol. The summed E-state index contributed by atoms with van der Waals surface area (Å²) in [5, 5.41) is 33.8. The number of rotatable bonds is 10. The zero-order valence-electron chi connectivity index (χ0n) is 33.7. The Morgan fingerprint density at radius 3 is 1.32 bits per heavy atom. The number of methoxy groups -OCH3 is 1. The molecule has 0 fully saturated rings. The van der Waals surface area contributed by atoms with Crippen molar-refractivity contribution in [2.75, 3.05) is 7.11 Å². The van der Waals surface area contributed by atoms with E-state index in [1.54, 1.807) is 72.8 Å². The number of carboxylic acids is 1. The summed E-state index contributed by atoms with van der Waals surface area (Å²) in [6.07, 6.45) is 0. The van der Waals surface area contributed by atoms with Gasteiger partial charge >= 0.3 is 11.9 Å². The Labute approximate surface area is 366 Å². The Hall–Kier alpha value is -9.32. The van der Waals surface area contributed by atoms with E-state index >= 15 is 0 Å². The summed E-state index contributed by atoms with van der Waals surface area (Å²) < 4.78 is 47.5. The van der Waals surface area contributed by atoms with E-state index in [-0.39, 0.29) is 34.5 Å². The molecule has 18 heteroatoms. The second-order valence-electron chi connectivity index (χ2n) is 13.8. The van der Waals surface area contributed by atoms with Gasteiger partial charge in [-0.25, -0.2) is 27.7 Å². The molecule has 0 radical (unpaired) electrons. The molecule has 10 rings (SSSR count). The number of hydrogen-bond donors (Lipinski definition) is 1. The summed E-state index contributed by atoms with van der Waals surface area (Å²) in [4.78, 5) is 31.6. The molecule has 65 heavy (non-hydrogen) atoms. The number of ether oxygens (including phenoxy) is 1. The van der Waals surface area contributed by atoms with Gasteiger partial charge in [0, 0.05) is 22.3 Å². The number of hydrogen-bond acceptors (Lipinski definition) is 13. The fraction of sp³-hybridized carbons (Fsp3) is 0.0213. The fourth-order valence-corrected chi connectivity index (χ4v) is 6.66. The third-order valence-corrected chi connectivity index (χ3v) is 9.81. The number of halogens is 2. The SMILES string of the molecule is COC(=O)c1ccc(-c2noc(-c3nnn(-c4ccccc4F)c3-c3ccccc3)n2)cc1.O=C(O)c1ccc(-c2noc(-c3nnn(-c4ccccc4F)c3-c3ccccc3)n2)cc1. The molecular formula is C47H30F2N10O6. The van der Waals surface area contributed by atoms with Gasteiger partial charge in [0.05, 0.1) is 18.2 Å². The molecule has 0 spiro atoms. The number of carboxylic acid groups (broad SMARTS) is 1. The van der Waals surface area contributed by atoms with Gasteiger partial charge in [0.2, 0.25) is 11.6 Å². The predicted octanol–water partition coefficient (Wildman–Crippen LogP) is 9.07. The van der Waals surface area contributed by atoms with Gasteiger partial charge in [-0.05, 0) is 48.5 Å². The highest BCUT2D eigenvalue weighted by Gasteiger charge is 2.26. The van der Waals surface area contributed by atoms with Crippen molar-refractivity contribution in [1.82, 2.24) is 50.3 Å². The molecule has 0 amide bonds. The lowest BCUT2D eigenvalue weighted by atomic mass is 10.1. The van der Waals surface area contributed by atoms with Crippen LogP contribution in [0.3, 0.4) is 0 Å². The highest BCUT2D eigenvalue weighted by Crippen LogP contribution is 2.35. The summed E-state index contributed by atoms with van der Waals surface area (Å²) in [7, 11) is 1.32. The molecule has 0 bridgehead atoms. The largest absolute Gasteiger partial charge is 0.478 e. The monoisotopic (exact) mass is 868 g/mol. The van der Waals surface area contributed by atoms with Crippen molar-refractivity contribution in [2.45, 2.75) is 0 Å². The second kappa shape index (κ2) is 18.0. The first-order chi connectivity index (χ1) is 31.8. The van der Waals surface area contributed by atoms with Crippen molar-refractivity contribution in [3.8, 4) is 79.8 Å². The zero-order chi connectivity index (χ0) is 44.9. The smallest absolute Gasteiger partial charge is 0.337 e. The van der Waals surface area contributed by atoms with Crippen molar-refractivity contribution >= 4 is 11.9 Å². The molecule has 0 aliphatic rings. The lowest BCUT2D eigenvalue weighted by molar-refractivity contribution is 0.0599. The standard InChI is InChI=1S/C24H16FN5O3.C23H14FN5O3/c1-32-24(31)17-13-11-16(12-14-17)22-26-23(33-28-22)20-21(15-7-3-2-4-8-15)30(29-27-20)19-10-6-5-9-18(19)25;24-17-8-4-5-9-18(17)29-20(14-6-2-1-3-7-14)19(26-28-29)22-25-21(27-32-22)15-10-12-16(13-11-15)23(30)31/h2-14H,1H3;1-13H,(H,30,31). The molecule has 0 saturated heterocycles. The number of aromatic nitrogens is 10. The number of para-hydroxylation sites is 2. The molecule has 0 aliphatic heterocycles. The van der Waals surface area contributed by atoms with Gasteiger partial charge in [0.1, 0.15) is 34.4 Å². The van der Waals surface area contributed by atoms with Crippen LogP contribution >= 0.6 is 0 Å². The van der Waals surface area contributed by atoms with E-state index in [1.165, 1.54) is 40.7 Å². The number of carbonyl (C=O) groups excluding carboxylic acids is 1. The summed E-state index contributed by atoms with van der Waals surface area (Å²) >= 11 is 0. The topological polar surface area (TPSA) is 203 Å². The Morgan fingerprint density at radius 2 is 0.923 bits per heavy atom. The van der Waals surface area contributed by atoms with Crippen LogP contribution in [0.5, 0.6) is 0 Å². The number of aromatic carboxylic acids is 1. The van der Waals surface area contributed by atoms with Crippen LogP contribution in [0.1, 0.15) is 20.7 Å². The van der Waals surface area contributed by atoms with Crippen LogP contribution in [-0.4, -0.2) is 74.4 Å². The first-order valence-corrected chi connectivity index (χ1v) is 19.5. The molecule has 0 unspecified atom stereocenters. The van der Waals surface area contributed by atoms with Crippen LogP contribution in [0.4, 0.5) is 8.78 Å². The molecule has 0 atom stereocenters. The average Bonchev–Trinajstić information content (AvgIpc) is 4.19. The zero-order valence-corrected chi connectivity index (χ0v) is 33.7. The molecule has 4 aromatic heterocycles. The molecule has 16 nitrogen and oxygen atoms in total. The lowest BCUT2D eigenvalue weighted by Crippen LogP contribution is -2.02. The number of benzene rings is 6. The molecule has 0 saturated carbocycles. The minimum Gasteiger partial charge on any atom is -0.478 e.